The summed E-state index contributed by atoms with van der Waals surface area (Å²) in [6.45, 7) is 6.02. The Morgan fingerprint density at radius 1 is 1.28 bits per heavy atom. The number of amides is 1. The van der Waals surface area contributed by atoms with Crippen LogP contribution in [0.25, 0.3) is 11.0 Å². The van der Waals surface area contributed by atoms with Crippen LogP contribution in [0.2, 0.25) is 0 Å². The van der Waals surface area contributed by atoms with E-state index >= 15 is 0 Å². The minimum Gasteiger partial charge on any atom is -0.423 e. The molecule has 1 N–H and O–H groups in total. The highest BCUT2D eigenvalue weighted by atomic mass is 16.4. The molecule has 1 amide bonds. The maximum atomic E-state index is 12.4. The van der Waals surface area contributed by atoms with E-state index in [1.54, 1.807) is 6.07 Å². The minimum atomic E-state index is -0.356. The Labute approximate surface area is 147 Å². The molecule has 25 heavy (non-hydrogen) atoms. The summed E-state index contributed by atoms with van der Waals surface area (Å²) in [6.07, 6.45) is 1.09. The van der Waals surface area contributed by atoms with Crippen LogP contribution in [-0.2, 0) is 4.79 Å². The number of aryl methyl sites for hydroxylation is 2. The molecule has 6 heteroatoms. The van der Waals surface area contributed by atoms with E-state index in [0.717, 1.165) is 41.7 Å². The average molecular weight is 343 g/mol. The summed E-state index contributed by atoms with van der Waals surface area (Å²) in [5.74, 6) is -0.0168. The van der Waals surface area contributed by atoms with Crippen LogP contribution >= 0.6 is 0 Å². The Hall–Kier alpha value is -2.18. The molecule has 1 atom stereocenters. The lowest BCUT2D eigenvalue weighted by atomic mass is 10.1. The minimum absolute atomic E-state index is 0.0168. The van der Waals surface area contributed by atoms with Crippen molar-refractivity contribution in [2.24, 2.45) is 0 Å². The largest absolute Gasteiger partial charge is 0.423 e. The van der Waals surface area contributed by atoms with Gasteiger partial charge < -0.3 is 14.6 Å². The Bertz CT molecular complexity index is 857. The van der Waals surface area contributed by atoms with E-state index < -0.39 is 0 Å². The molecule has 1 aliphatic heterocycles. The number of nitrogens with zero attached hydrogens (tertiary/aromatic N) is 2. The number of hydrogen-bond donors (Lipinski definition) is 1. The number of anilines is 1. The molecule has 2 aromatic rings. The molecular formula is C19H25N3O3. The molecule has 3 rings (SSSR count). The van der Waals surface area contributed by atoms with Gasteiger partial charge in [-0.15, -0.1) is 0 Å². The van der Waals surface area contributed by atoms with E-state index in [-0.39, 0.29) is 11.5 Å². The van der Waals surface area contributed by atoms with Crippen LogP contribution in [-0.4, -0.2) is 55.5 Å². The molecule has 2 heterocycles. The van der Waals surface area contributed by atoms with Crippen molar-refractivity contribution in [2.45, 2.75) is 26.3 Å². The van der Waals surface area contributed by atoms with E-state index in [1.165, 1.54) is 6.07 Å². The molecule has 6 nitrogen and oxygen atoms in total. The molecule has 0 spiro atoms. The molecule has 0 aliphatic carbocycles. The van der Waals surface area contributed by atoms with Gasteiger partial charge in [-0.2, -0.15) is 0 Å². The Kier molecular flexibility index (Phi) is 4.92. The molecule has 1 fully saturated rings. The number of hydrogen-bond acceptors (Lipinski definition) is 5. The van der Waals surface area contributed by atoms with E-state index in [2.05, 4.69) is 29.2 Å². The Morgan fingerprint density at radius 3 is 2.72 bits per heavy atom. The van der Waals surface area contributed by atoms with Crippen LogP contribution in [0.4, 0.5) is 5.69 Å². The second kappa shape index (κ2) is 6.98. The first kappa shape index (κ1) is 17.6. The van der Waals surface area contributed by atoms with Crippen LogP contribution in [0, 0.1) is 13.8 Å². The summed E-state index contributed by atoms with van der Waals surface area (Å²) in [6, 6.07) is 5.67. The van der Waals surface area contributed by atoms with Crippen LogP contribution < -0.4 is 10.9 Å². The first-order valence-electron chi connectivity index (χ1n) is 8.57. The highest BCUT2D eigenvalue weighted by molar-refractivity contribution is 5.96. The zero-order valence-corrected chi connectivity index (χ0v) is 15.3. The second-order valence-electron chi connectivity index (χ2n) is 7.10. The summed E-state index contributed by atoms with van der Waals surface area (Å²) < 4.78 is 5.24. The Balaban J connectivity index is 1.73. The van der Waals surface area contributed by atoms with Gasteiger partial charge in [0.25, 0.3) is 0 Å². The van der Waals surface area contributed by atoms with E-state index in [9.17, 15) is 9.59 Å². The van der Waals surface area contributed by atoms with Gasteiger partial charge in [0.2, 0.25) is 5.91 Å². The van der Waals surface area contributed by atoms with E-state index in [4.69, 9.17) is 4.42 Å². The molecule has 0 saturated carbocycles. The van der Waals surface area contributed by atoms with Gasteiger partial charge in [0, 0.05) is 36.3 Å². The smallest absolute Gasteiger partial charge is 0.336 e. The zero-order chi connectivity index (χ0) is 18.1. The summed E-state index contributed by atoms with van der Waals surface area (Å²) in [5, 5.41) is 3.84. The lowest BCUT2D eigenvalue weighted by Gasteiger charge is -2.20. The first-order valence-corrected chi connectivity index (χ1v) is 8.57. The maximum Gasteiger partial charge on any atom is 0.336 e. The van der Waals surface area contributed by atoms with Crippen molar-refractivity contribution < 1.29 is 9.21 Å². The third-order valence-electron chi connectivity index (χ3n) is 4.92. The fourth-order valence-corrected chi connectivity index (χ4v) is 3.37. The van der Waals surface area contributed by atoms with Gasteiger partial charge in [0.05, 0.1) is 6.54 Å². The highest BCUT2D eigenvalue weighted by Gasteiger charge is 2.25. The van der Waals surface area contributed by atoms with Crippen molar-refractivity contribution in [2.75, 3.05) is 39.0 Å². The molecule has 134 valence electrons. The van der Waals surface area contributed by atoms with E-state index in [0.29, 0.717) is 18.2 Å². The van der Waals surface area contributed by atoms with E-state index in [1.807, 2.05) is 19.9 Å². The van der Waals surface area contributed by atoms with Gasteiger partial charge in [-0.3, -0.25) is 9.69 Å². The van der Waals surface area contributed by atoms with Gasteiger partial charge in [-0.05, 0) is 57.6 Å². The SMILES string of the molecule is Cc1cc2oc(=O)cc(C)c2cc1NC(=O)CN1CCC(N(C)C)C1. The topological polar surface area (TPSA) is 65.8 Å². The van der Waals surface area contributed by atoms with Gasteiger partial charge in [0.15, 0.2) is 0 Å². The second-order valence-corrected chi connectivity index (χ2v) is 7.10. The van der Waals surface area contributed by atoms with Gasteiger partial charge >= 0.3 is 5.63 Å². The summed E-state index contributed by atoms with van der Waals surface area (Å²) in [4.78, 5) is 28.3. The first-order chi connectivity index (χ1) is 11.8. The van der Waals surface area contributed by atoms with Crippen molar-refractivity contribution in [3.05, 3.63) is 39.7 Å². The molecule has 1 aromatic heterocycles. The molecule has 1 unspecified atom stereocenters. The molecular weight excluding hydrogens is 318 g/mol. The summed E-state index contributed by atoms with van der Waals surface area (Å²) in [7, 11) is 4.15. The van der Waals surface area contributed by atoms with Crippen LogP contribution in [0.5, 0.6) is 0 Å². The predicted molar refractivity (Wildman–Crippen MR) is 99.1 cm³/mol. The summed E-state index contributed by atoms with van der Waals surface area (Å²) >= 11 is 0. The average Bonchev–Trinajstić information content (AvgIpc) is 2.97. The van der Waals surface area contributed by atoms with Crippen molar-refractivity contribution in [3.63, 3.8) is 0 Å². The van der Waals surface area contributed by atoms with Gasteiger partial charge in [-0.25, -0.2) is 4.79 Å². The molecule has 1 aliphatic rings. The van der Waals surface area contributed by atoms with Gasteiger partial charge in [-0.1, -0.05) is 0 Å². The lowest BCUT2D eigenvalue weighted by Crippen LogP contribution is -2.35. The van der Waals surface area contributed by atoms with Crippen molar-refractivity contribution >= 4 is 22.6 Å². The van der Waals surface area contributed by atoms with Crippen molar-refractivity contribution in [3.8, 4) is 0 Å². The van der Waals surface area contributed by atoms with Gasteiger partial charge in [0.1, 0.15) is 5.58 Å². The normalized spacial score (nSPS) is 18.2. The van der Waals surface area contributed by atoms with Crippen LogP contribution in [0.3, 0.4) is 0 Å². The number of nitrogens with one attached hydrogen (secondary N) is 1. The molecule has 1 aromatic carbocycles. The van der Waals surface area contributed by atoms with Crippen molar-refractivity contribution in [1.82, 2.24) is 9.80 Å². The summed E-state index contributed by atoms with van der Waals surface area (Å²) in [5.41, 5.74) is 2.68. The standard InChI is InChI=1S/C19H25N3O3/c1-12-8-19(24)25-17-7-13(2)16(9-15(12)17)20-18(23)11-22-6-5-14(10-22)21(3)4/h7-9,14H,5-6,10-11H2,1-4H3,(H,20,23). The molecule has 0 bridgehead atoms. The number of fused-ring (bicyclic) bond motifs is 1. The third kappa shape index (κ3) is 3.91. The number of carbonyl (C=O) groups excluding carboxylic acids is 1. The maximum absolute atomic E-state index is 12.4. The fourth-order valence-electron chi connectivity index (χ4n) is 3.37. The number of likely N-dealkylation sites (N-methyl/N-ethyl adjacent to an activating group) is 1. The number of carbonyl (C=O) groups is 1. The highest BCUT2D eigenvalue weighted by Crippen LogP contribution is 2.25. The lowest BCUT2D eigenvalue weighted by molar-refractivity contribution is -0.117. The van der Waals surface area contributed by atoms with Crippen molar-refractivity contribution in [1.29, 1.82) is 0 Å². The zero-order valence-electron chi connectivity index (χ0n) is 15.3. The number of likely N-dealkylation sites (tertiary alicyclic amines) is 1. The number of rotatable bonds is 4. The van der Waals surface area contributed by atoms with Crippen LogP contribution in [0.15, 0.2) is 27.4 Å². The van der Waals surface area contributed by atoms with Crippen LogP contribution in [0.1, 0.15) is 17.5 Å². The monoisotopic (exact) mass is 343 g/mol. The third-order valence-corrected chi connectivity index (χ3v) is 4.92. The molecule has 0 radical (unpaired) electrons. The Morgan fingerprint density at radius 2 is 2.04 bits per heavy atom. The quantitative estimate of drug-likeness (QED) is 0.860. The predicted octanol–water partition coefficient (Wildman–Crippen LogP) is 1.98. The number of benzene rings is 1. The fraction of sp³-hybridized carbons (Fsp3) is 0.474. The molecule has 1 saturated heterocycles.